The molecule has 3 heterocycles. The molecule has 2 fully saturated rings. The number of nitro groups is 1. The van der Waals surface area contributed by atoms with Crippen molar-refractivity contribution in [3.05, 3.63) is 111 Å². The molecule has 3 amide bonds. The maximum absolute atomic E-state index is 14.1. The van der Waals surface area contributed by atoms with E-state index in [-0.39, 0.29) is 35.8 Å². The lowest BCUT2D eigenvalue weighted by atomic mass is 9.77. The van der Waals surface area contributed by atoms with Gasteiger partial charge in [-0.2, -0.15) is 10.2 Å². The minimum Gasteiger partial charge on any atom is -0.271 e. The number of imide groups is 1. The van der Waals surface area contributed by atoms with Crippen molar-refractivity contribution < 1.29 is 19.3 Å². The summed E-state index contributed by atoms with van der Waals surface area (Å²) in [5, 5.41) is 26.9. The maximum Gasteiger partial charge on any atom is 0.269 e. The Morgan fingerprint density at radius 3 is 2.28 bits per heavy atom. The first kappa shape index (κ1) is 29.2. The van der Waals surface area contributed by atoms with Crippen molar-refractivity contribution in [1.29, 1.82) is 0 Å². The smallest absolute Gasteiger partial charge is 0.269 e. The van der Waals surface area contributed by atoms with Crippen molar-refractivity contribution in [3.8, 4) is 0 Å². The number of fused-ring (bicyclic) bond motifs is 2. The fourth-order valence-corrected chi connectivity index (χ4v) is 6.71. The van der Waals surface area contributed by atoms with Crippen LogP contribution in [0.25, 0.3) is 6.08 Å². The van der Waals surface area contributed by atoms with E-state index >= 15 is 0 Å². The first-order valence-electron chi connectivity index (χ1n) is 15.2. The van der Waals surface area contributed by atoms with E-state index in [2.05, 4.69) is 47.6 Å². The first-order chi connectivity index (χ1) is 22.2. The molecule has 4 atom stereocenters. The van der Waals surface area contributed by atoms with Gasteiger partial charge in [0.05, 0.1) is 22.4 Å². The Morgan fingerprint density at radius 2 is 1.61 bits per heavy atom. The van der Waals surface area contributed by atoms with E-state index in [9.17, 15) is 24.5 Å². The van der Waals surface area contributed by atoms with Gasteiger partial charge in [-0.15, -0.1) is 0 Å². The summed E-state index contributed by atoms with van der Waals surface area (Å²) < 4.78 is 0. The molecule has 0 radical (unpaired) electrons. The Labute approximate surface area is 264 Å². The molecule has 3 aromatic carbocycles. The van der Waals surface area contributed by atoms with Gasteiger partial charge in [0, 0.05) is 18.1 Å². The zero-order chi connectivity index (χ0) is 32.1. The average Bonchev–Trinajstić information content (AvgIpc) is 3.72. The topological polar surface area (TPSA) is 141 Å². The van der Waals surface area contributed by atoms with E-state index in [1.807, 2.05) is 31.2 Å². The van der Waals surface area contributed by atoms with E-state index in [1.165, 1.54) is 39.8 Å². The third-order valence-electron chi connectivity index (χ3n) is 9.07. The molecule has 1 aliphatic carbocycles. The summed E-state index contributed by atoms with van der Waals surface area (Å²) in [5.74, 6) is -1.56. The van der Waals surface area contributed by atoms with Gasteiger partial charge in [-0.25, -0.2) is 9.91 Å². The predicted molar refractivity (Wildman–Crippen MR) is 169 cm³/mol. The number of carbonyl (C=O) groups excluding carboxylic acids is 3. The number of nitrogens with zero attached hydrogens (tertiary/aromatic N) is 7. The number of non-ortho nitro benzene ring substituents is 1. The Bertz CT molecular complexity index is 1830. The molecule has 0 aromatic heterocycles. The molecule has 4 aliphatic rings. The molecule has 0 N–H and O–H groups in total. The van der Waals surface area contributed by atoms with Crippen LogP contribution in [0.15, 0.2) is 93.8 Å². The van der Waals surface area contributed by atoms with E-state index in [0.717, 1.165) is 52.1 Å². The number of aryl methyl sites for hydroxylation is 2. The van der Waals surface area contributed by atoms with Gasteiger partial charge in [0.25, 0.3) is 23.4 Å². The van der Waals surface area contributed by atoms with Crippen LogP contribution in [0.1, 0.15) is 47.6 Å². The predicted octanol–water partition coefficient (Wildman–Crippen LogP) is 5.33. The average molecular weight is 618 g/mol. The molecule has 3 aromatic rings. The molecule has 12 heteroatoms. The number of carbonyl (C=O) groups is 3. The van der Waals surface area contributed by atoms with Gasteiger partial charge in [-0.3, -0.25) is 29.5 Å². The fraction of sp³-hybridized carbons (Fsp3) is 0.294. The van der Waals surface area contributed by atoms with E-state index in [1.54, 1.807) is 0 Å². The fourth-order valence-electron chi connectivity index (χ4n) is 6.71. The highest BCUT2D eigenvalue weighted by Crippen LogP contribution is 2.45. The number of benzene rings is 3. The third kappa shape index (κ3) is 5.05. The van der Waals surface area contributed by atoms with Gasteiger partial charge < -0.3 is 0 Å². The highest BCUT2D eigenvalue weighted by Gasteiger charge is 2.55. The highest BCUT2D eigenvalue weighted by molar-refractivity contribution is 6.25. The summed E-state index contributed by atoms with van der Waals surface area (Å²) in [6.45, 7) is 3.76. The van der Waals surface area contributed by atoms with Crippen molar-refractivity contribution in [1.82, 2.24) is 10.0 Å². The number of nitro benzene ring substituents is 1. The zero-order valence-corrected chi connectivity index (χ0v) is 25.3. The second-order valence-corrected chi connectivity index (χ2v) is 12.1. The molecule has 0 spiro atoms. The van der Waals surface area contributed by atoms with Gasteiger partial charge >= 0.3 is 0 Å². The van der Waals surface area contributed by atoms with Crippen LogP contribution in [0.3, 0.4) is 0 Å². The van der Waals surface area contributed by atoms with Gasteiger partial charge in [0.1, 0.15) is 6.54 Å². The summed E-state index contributed by atoms with van der Waals surface area (Å²) in [5.41, 5.74) is 6.35. The molecule has 3 aliphatic heterocycles. The largest absolute Gasteiger partial charge is 0.271 e. The molecule has 0 bridgehead atoms. The van der Waals surface area contributed by atoms with Gasteiger partial charge in [-0.1, -0.05) is 64.9 Å². The number of allylic oxidation sites excluding steroid dienone is 1. The lowest BCUT2D eigenvalue weighted by molar-refractivity contribution is -0.384. The monoisotopic (exact) mass is 617 g/mol. The summed E-state index contributed by atoms with van der Waals surface area (Å²) in [6, 6.07) is 19.0. The minimum absolute atomic E-state index is 0.00243. The molecular weight excluding hydrogens is 586 g/mol. The summed E-state index contributed by atoms with van der Waals surface area (Å²) in [6.07, 6.45) is 4.84. The summed E-state index contributed by atoms with van der Waals surface area (Å²) >= 11 is 0. The molecule has 1 saturated carbocycles. The van der Waals surface area contributed by atoms with Crippen molar-refractivity contribution in [2.24, 2.45) is 21.4 Å². The summed E-state index contributed by atoms with van der Waals surface area (Å²) in [7, 11) is 0. The number of rotatable bonds is 6. The van der Waals surface area contributed by atoms with Crippen LogP contribution in [0.4, 0.5) is 11.4 Å². The van der Waals surface area contributed by atoms with Gasteiger partial charge in [0.2, 0.25) is 0 Å². The quantitative estimate of drug-likeness (QED) is 0.208. The van der Waals surface area contributed by atoms with Gasteiger partial charge in [0.15, 0.2) is 12.1 Å². The normalized spacial score (nSPS) is 24.4. The SMILES string of the molecule is Cc1ccc(/C=C2/CCCC3C2=NN(C(=O)CN2N=NC4C(=O)N(c5ccc([N+](=O)[O-])cc5)C(=O)C42)C3c2ccc(C)cc2)cc1. The maximum atomic E-state index is 14.1. The van der Waals surface area contributed by atoms with Crippen molar-refractivity contribution in [2.45, 2.75) is 51.2 Å². The Balaban J connectivity index is 1.17. The lowest BCUT2D eigenvalue weighted by Crippen LogP contribution is -2.45. The van der Waals surface area contributed by atoms with E-state index < -0.39 is 28.8 Å². The minimum atomic E-state index is -1.11. The van der Waals surface area contributed by atoms with Crippen LogP contribution < -0.4 is 4.90 Å². The second kappa shape index (κ2) is 11.4. The van der Waals surface area contributed by atoms with Crippen LogP contribution in [0.5, 0.6) is 0 Å². The van der Waals surface area contributed by atoms with Crippen LogP contribution >= 0.6 is 0 Å². The molecule has 1 saturated heterocycles. The van der Waals surface area contributed by atoms with Crippen LogP contribution in [-0.2, 0) is 14.4 Å². The first-order valence-corrected chi connectivity index (χ1v) is 15.2. The number of hydrogen-bond acceptors (Lipinski definition) is 9. The Kier molecular flexibility index (Phi) is 7.26. The lowest BCUT2D eigenvalue weighted by Gasteiger charge is -2.30. The number of hydrazone groups is 1. The number of amides is 3. The van der Waals surface area contributed by atoms with E-state index in [4.69, 9.17) is 5.10 Å². The van der Waals surface area contributed by atoms with Crippen LogP contribution in [0.2, 0.25) is 0 Å². The molecular formula is C34H31N7O5. The molecule has 7 rings (SSSR count). The second-order valence-electron chi connectivity index (χ2n) is 12.1. The van der Waals surface area contributed by atoms with Crippen molar-refractivity contribution in [3.63, 3.8) is 0 Å². The van der Waals surface area contributed by atoms with Crippen LogP contribution in [-0.4, -0.2) is 57.0 Å². The van der Waals surface area contributed by atoms with Crippen LogP contribution in [0, 0.1) is 29.9 Å². The zero-order valence-electron chi connectivity index (χ0n) is 25.3. The van der Waals surface area contributed by atoms with Gasteiger partial charge in [-0.05, 0) is 68.0 Å². The van der Waals surface area contributed by atoms with E-state index in [0.29, 0.717) is 0 Å². The number of hydrogen-bond donors (Lipinski definition) is 0. The number of anilines is 1. The molecule has 12 nitrogen and oxygen atoms in total. The Morgan fingerprint density at radius 1 is 0.935 bits per heavy atom. The van der Waals surface area contributed by atoms with Crippen molar-refractivity contribution >= 4 is 40.9 Å². The molecule has 46 heavy (non-hydrogen) atoms. The molecule has 4 unspecified atom stereocenters. The third-order valence-corrected chi connectivity index (χ3v) is 9.07. The highest BCUT2D eigenvalue weighted by atomic mass is 16.6. The van der Waals surface area contributed by atoms with Crippen molar-refractivity contribution in [2.75, 3.05) is 11.4 Å². The standard InChI is InChI=1S/C34H31N7O5/c1-20-6-10-22(11-7-20)18-24-4-3-5-27-29(24)36-40(31(27)23-12-8-21(2)9-13-23)28(42)19-38-32-30(35-37-38)33(43)39(34(32)44)25-14-16-26(17-15-25)41(45)46/h6-18,27,30-32H,3-5,19H2,1-2H3/b24-18-. The molecule has 232 valence electrons. The Hall–Kier alpha value is -5.52. The summed E-state index contributed by atoms with van der Waals surface area (Å²) in [4.78, 5) is 52.3.